The highest BCUT2D eigenvalue weighted by atomic mass is 28.4. The Morgan fingerprint density at radius 3 is 2.67 bits per heavy atom. The van der Waals surface area contributed by atoms with Crippen LogP contribution in [0, 0.1) is 6.92 Å². The van der Waals surface area contributed by atoms with E-state index in [1.54, 1.807) is 13.0 Å². The molecule has 27 heavy (non-hydrogen) atoms. The number of aliphatic hydroxyl groups is 1. The number of nitrogens with zero attached hydrogens (tertiary/aromatic N) is 1. The number of rotatable bonds is 6. The molecule has 0 aromatic carbocycles. The minimum Gasteiger partial charge on any atom is -0.414 e. The van der Waals surface area contributed by atoms with Gasteiger partial charge in [0.15, 0.2) is 8.32 Å². The van der Waals surface area contributed by atoms with Crippen molar-refractivity contribution in [2.24, 2.45) is 0 Å². The third-order valence-corrected chi connectivity index (χ3v) is 10.3. The Labute approximate surface area is 161 Å². The number of aromatic nitrogens is 2. The van der Waals surface area contributed by atoms with Gasteiger partial charge in [0.1, 0.15) is 17.9 Å². The zero-order chi connectivity index (χ0) is 20.6. The first kappa shape index (κ1) is 21.8. The van der Waals surface area contributed by atoms with Crippen molar-refractivity contribution in [2.45, 2.75) is 76.6 Å². The Morgan fingerprint density at radius 2 is 2.11 bits per heavy atom. The van der Waals surface area contributed by atoms with Crippen LogP contribution in [0.2, 0.25) is 18.1 Å². The summed E-state index contributed by atoms with van der Waals surface area (Å²) in [6.45, 7) is 16.3. The van der Waals surface area contributed by atoms with Gasteiger partial charge in [0, 0.05) is 18.2 Å². The van der Waals surface area contributed by atoms with E-state index in [-0.39, 0.29) is 18.1 Å². The molecule has 0 aliphatic carbocycles. The van der Waals surface area contributed by atoms with Gasteiger partial charge in [-0.15, -0.1) is 6.58 Å². The summed E-state index contributed by atoms with van der Waals surface area (Å²) in [7, 11) is -2.02. The smallest absolute Gasteiger partial charge is 0.330 e. The van der Waals surface area contributed by atoms with Crippen molar-refractivity contribution in [3.8, 4) is 0 Å². The Hall–Kier alpha value is -1.48. The summed E-state index contributed by atoms with van der Waals surface area (Å²) >= 11 is 0. The van der Waals surface area contributed by atoms with Crippen molar-refractivity contribution in [1.29, 1.82) is 0 Å². The van der Waals surface area contributed by atoms with E-state index in [2.05, 4.69) is 45.4 Å². The van der Waals surface area contributed by atoms with E-state index in [4.69, 9.17) is 9.16 Å². The molecule has 8 heteroatoms. The fourth-order valence-electron chi connectivity index (χ4n) is 2.92. The van der Waals surface area contributed by atoms with Crippen LogP contribution in [0.1, 0.15) is 45.4 Å². The first-order valence-electron chi connectivity index (χ1n) is 9.25. The number of hydrogen-bond donors (Lipinski definition) is 2. The number of nitrogens with one attached hydrogen (secondary N) is 1. The van der Waals surface area contributed by atoms with Gasteiger partial charge in [-0.1, -0.05) is 26.8 Å². The maximum Gasteiger partial charge on any atom is 0.330 e. The predicted molar refractivity (Wildman–Crippen MR) is 107 cm³/mol. The summed E-state index contributed by atoms with van der Waals surface area (Å²) in [5.74, 6) is 0. The normalized spacial score (nSPS) is 26.3. The third-order valence-electron chi connectivity index (χ3n) is 5.80. The van der Waals surface area contributed by atoms with Gasteiger partial charge in [-0.05, 0) is 31.5 Å². The molecule has 152 valence electrons. The second-order valence-corrected chi connectivity index (χ2v) is 13.7. The van der Waals surface area contributed by atoms with Crippen molar-refractivity contribution in [3.05, 3.63) is 45.3 Å². The summed E-state index contributed by atoms with van der Waals surface area (Å²) in [5, 5.41) is 11.2. The molecule has 2 N–H and O–H groups in total. The molecule has 2 heterocycles. The van der Waals surface area contributed by atoms with Gasteiger partial charge in [0.25, 0.3) is 5.56 Å². The Kier molecular flexibility index (Phi) is 6.06. The summed E-state index contributed by atoms with van der Waals surface area (Å²) in [6, 6.07) is 0. The lowest BCUT2D eigenvalue weighted by Gasteiger charge is -2.38. The second kappa shape index (κ2) is 7.50. The van der Waals surface area contributed by atoms with Crippen molar-refractivity contribution >= 4 is 8.32 Å². The molecule has 1 aliphatic heterocycles. The van der Waals surface area contributed by atoms with Crippen molar-refractivity contribution in [1.82, 2.24) is 9.55 Å². The highest BCUT2D eigenvalue weighted by Gasteiger charge is 2.49. The van der Waals surface area contributed by atoms with E-state index >= 15 is 0 Å². The average Bonchev–Trinajstić information content (AvgIpc) is 2.84. The first-order valence-corrected chi connectivity index (χ1v) is 12.2. The van der Waals surface area contributed by atoms with Crippen LogP contribution in [-0.4, -0.2) is 41.3 Å². The second-order valence-electron chi connectivity index (χ2n) is 8.93. The maximum absolute atomic E-state index is 12.2. The first-order chi connectivity index (χ1) is 12.3. The number of aryl methyl sites for hydroxylation is 1. The van der Waals surface area contributed by atoms with Gasteiger partial charge in [-0.2, -0.15) is 0 Å². The number of hydrogen-bond acceptors (Lipinski definition) is 5. The molecule has 0 amide bonds. The van der Waals surface area contributed by atoms with E-state index in [1.807, 2.05) is 0 Å². The fourth-order valence-corrected chi connectivity index (χ4v) is 3.92. The van der Waals surface area contributed by atoms with E-state index < -0.39 is 37.5 Å². The summed E-state index contributed by atoms with van der Waals surface area (Å²) in [5.41, 5.74) is -1.75. The van der Waals surface area contributed by atoms with E-state index in [1.165, 1.54) is 10.8 Å². The van der Waals surface area contributed by atoms with Gasteiger partial charge in [-0.25, -0.2) is 4.79 Å². The Balaban J connectivity index is 2.27. The molecule has 1 fully saturated rings. The fraction of sp³-hybridized carbons (Fsp3) is 0.684. The molecular formula is C19H32N2O5Si. The molecule has 1 aromatic rings. The zero-order valence-electron chi connectivity index (χ0n) is 17.2. The monoisotopic (exact) mass is 396 g/mol. The van der Waals surface area contributed by atoms with Gasteiger partial charge >= 0.3 is 5.69 Å². The molecule has 1 aliphatic rings. The molecular weight excluding hydrogens is 364 g/mol. The SMILES string of the molecule is C=CC[C@]1(O)C[C@H](n2cc(C)c(=O)[nH]c2=O)O[C@@H]1CO[Si](C)(C)C(C)(C)C. The van der Waals surface area contributed by atoms with E-state index in [9.17, 15) is 14.7 Å². The minimum atomic E-state index is -2.02. The molecule has 2 rings (SSSR count). The molecule has 0 bridgehead atoms. The number of H-pyrrole nitrogens is 1. The standard InChI is InChI=1S/C19H32N2O5Si/c1-8-9-19(24)10-15(21-11-13(2)16(22)20-17(21)23)26-14(19)12-25-27(6,7)18(3,4)5/h8,11,14-15,24H,1,9-10,12H2,2-7H3,(H,20,22,23)/t14-,15-,19+/m1/s1. The maximum atomic E-state index is 12.2. The summed E-state index contributed by atoms with van der Waals surface area (Å²) in [4.78, 5) is 26.1. The molecule has 0 saturated carbocycles. The largest absolute Gasteiger partial charge is 0.414 e. The minimum absolute atomic E-state index is 0.0362. The molecule has 0 radical (unpaired) electrons. The van der Waals surface area contributed by atoms with Crippen LogP contribution in [0.5, 0.6) is 0 Å². The molecule has 0 unspecified atom stereocenters. The lowest BCUT2D eigenvalue weighted by Crippen LogP contribution is -2.47. The van der Waals surface area contributed by atoms with Crippen LogP contribution in [0.15, 0.2) is 28.4 Å². The number of aromatic amines is 1. The van der Waals surface area contributed by atoms with Crippen LogP contribution >= 0.6 is 0 Å². The Bertz CT molecular complexity index is 808. The van der Waals surface area contributed by atoms with Gasteiger partial charge in [0.05, 0.1) is 6.61 Å². The Morgan fingerprint density at radius 1 is 1.48 bits per heavy atom. The molecule has 7 nitrogen and oxygen atoms in total. The lowest BCUT2D eigenvalue weighted by molar-refractivity contribution is -0.0787. The van der Waals surface area contributed by atoms with Crippen molar-refractivity contribution in [3.63, 3.8) is 0 Å². The number of ether oxygens (including phenoxy) is 1. The highest BCUT2D eigenvalue weighted by molar-refractivity contribution is 6.74. The summed E-state index contributed by atoms with van der Waals surface area (Å²) in [6.07, 6.45) is 2.39. The van der Waals surface area contributed by atoms with Gasteiger partial charge in [-0.3, -0.25) is 14.3 Å². The van der Waals surface area contributed by atoms with Crippen LogP contribution in [0.4, 0.5) is 0 Å². The van der Waals surface area contributed by atoms with Crippen LogP contribution < -0.4 is 11.2 Å². The lowest BCUT2D eigenvalue weighted by atomic mass is 9.91. The van der Waals surface area contributed by atoms with Crippen molar-refractivity contribution in [2.75, 3.05) is 6.61 Å². The van der Waals surface area contributed by atoms with E-state index in [0.717, 1.165) is 0 Å². The van der Waals surface area contributed by atoms with Crippen LogP contribution in [-0.2, 0) is 9.16 Å². The topological polar surface area (TPSA) is 93.6 Å². The molecule has 1 aromatic heterocycles. The van der Waals surface area contributed by atoms with Crippen LogP contribution in [0.3, 0.4) is 0 Å². The third kappa shape index (κ3) is 4.51. The van der Waals surface area contributed by atoms with Crippen LogP contribution in [0.25, 0.3) is 0 Å². The quantitative estimate of drug-likeness (QED) is 0.569. The molecule has 0 spiro atoms. The van der Waals surface area contributed by atoms with Gasteiger partial charge in [0.2, 0.25) is 0 Å². The summed E-state index contributed by atoms with van der Waals surface area (Å²) < 4.78 is 13.6. The molecule has 1 saturated heterocycles. The zero-order valence-corrected chi connectivity index (χ0v) is 18.2. The van der Waals surface area contributed by atoms with Gasteiger partial charge < -0.3 is 14.3 Å². The molecule has 3 atom stereocenters. The average molecular weight is 397 g/mol. The highest BCUT2D eigenvalue weighted by Crippen LogP contribution is 2.41. The van der Waals surface area contributed by atoms with Crippen molar-refractivity contribution < 1.29 is 14.3 Å². The van der Waals surface area contributed by atoms with E-state index in [0.29, 0.717) is 12.0 Å². The predicted octanol–water partition coefficient (Wildman–Crippen LogP) is 2.46.